The van der Waals surface area contributed by atoms with E-state index in [0.717, 1.165) is 57.1 Å². The molecule has 1 aromatic rings. The van der Waals surface area contributed by atoms with Gasteiger partial charge < -0.3 is 19.6 Å². The van der Waals surface area contributed by atoms with E-state index >= 15 is 0 Å². The van der Waals surface area contributed by atoms with Crippen LogP contribution in [0.2, 0.25) is 0 Å². The number of hydrogen-bond donors (Lipinski definition) is 2. The average molecular weight is 665 g/mol. The van der Waals surface area contributed by atoms with Gasteiger partial charge in [-0.1, -0.05) is 13.0 Å². The smallest absolute Gasteiger partial charge is 0.429 e. The lowest BCUT2D eigenvalue weighted by molar-refractivity contribution is -0.284. The lowest BCUT2D eigenvalue weighted by Gasteiger charge is -2.53. The van der Waals surface area contributed by atoms with Crippen molar-refractivity contribution in [3.05, 3.63) is 29.3 Å². The number of nitrogens with zero attached hydrogens (tertiary/aromatic N) is 1. The first-order valence-electron chi connectivity index (χ1n) is 16.1. The van der Waals surface area contributed by atoms with Gasteiger partial charge in [-0.15, -0.1) is 0 Å². The Labute approximate surface area is 264 Å². The first-order valence-corrected chi connectivity index (χ1v) is 17.6. The molecule has 4 aliphatic rings. The van der Waals surface area contributed by atoms with E-state index in [1.54, 1.807) is 0 Å². The molecule has 0 radical (unpaired) electrons. The molecule has 0 spiro atoms. The minimum atomic E-state index is -5.60. The summed E-state index contributed by atoms with van der Waals surface area (Å²) in [5.41, 5.74) is 4.83. The van der Waals surface area contributed by atoms with Crippen LogP contribution in [0.25, 0.3) is 0 Å². The van der Waals surface area contributed by atoms with Crippen molar-refractivity contribution in [2.24, 2.45) is 23.2 Å². The summed E-state index contributed by atoms with van der Waals surface area (Å²) in [6.45, 7) is 3.77. The van der Waals surface area contributed by atoms with Crippen LogP contribution in [-0.4, -0.2) is 76.4 Å². The summed E-state index contributed by atoms with van der Waals surface area (Å²) in [5, 5.41) is 9.92. The predicted molar refractivity (Wildman–Crippen MR) is 159 cm³/mol. The number of likely N-dealkylation sites (tertiary alicyclic amines) is 1. The summed E-state index contributed by atoms with van der Waals surface area (Å²) in [6.07, 6.45) is -1.81. The summed E-state index contributed by atoms with van der Waals surface area (Å²) in [6, 6.07) is 5.80. The Balaban J connectivity index is 1.26. The minimum Gasteiger partial charge on any atom is -0.429 e. The number of fused-ring (bicyclic) bond motifs is 5. The van der Waals surface area contributed by atoms with E-state index in [0.29, 0.717) is 30.6 Å². The lowest BCUT2D eigenvalue weighted by atomic mass is 9.52. The highest BCUT2D eigenvalue weighted by Crippen LogP contribution is 2.62. The van der Waals surface area contributed by atoms with Crippen molar-refractivity contribution in [1.29, 1.82) is 0 Å². The number of rotatable bonds is 11. The van der Waals surface area contributed by atoms with Crippen molar-refractivity contribution in [3.8, 4) is 5.75 Å². The van der Waals surface area contributed by atoms with Crippen LogP contribution in [0, 0.1) is 23.2 Å². The van der Waals surface area contributed by atoms with E-state index in [-0.39, 0.29) is 40.9 Å². The highest BCUT2D eigenvalue weighted by molar-refractivity contribution is 7.84. The van der Waals surface area contributed by atoms with E-state index in [1.165, 1.54) is 5.56 Å². The highest BCUT2D eigenvalue weighted by Gasteiger charge is 2.57. The molecule has 3 fully saturated rings. The predicted octanol–water partition coefficient (Wildman–Crippen LogP) is 6.84. The Bertz CT molecular complexity index is 1230. The van der Waals surface area contributed by atoms with Crippen LogP contribution in [-0.2, 0) is 22.0 Å². The largest absolute Gasteiger partial charge is 0.514 e. The molecule has 1 aliphatic heterocycles. The monoisotopic (exact) mass is 664 g/mol. The molecule has 3 aliphatic carbocycles. The van der Waals surface area contributed by atoms with Crippen LogP contribution in [0.1, 0.15) is 81.8 Å². The molecule has 45 heavy (non-hydrogen) atoms. The highest BCUT2D eigenvalue weighted by atomic mass is 32.2. The molecule has 0 bridgehead atoms. The summed E-state index contributed by atoms with van der Waals surface area (Å²) in [5.74, 6) is -3.12. The number of carbonyl (C=O) groups is 1. The van der Waals surface area contributed by atoms with Crippen LogP contribution in [0.4, 0.5) is 26.7 Å². The SMILES string of the molecule is CN1CCC(OC(=O)Oc2ccc3c(c2)C[C@@H](CCCS(=O)CCCC(F)(F)C(F)(F)F)[C@@H]2[C@@H]3CC[C@]3(C)C(NO)CC[C@@H]23)C1. The molecule has 254 valence electrons. The molecule has 8 atom stereocenters. The second kappa shape index (κ2) is 13.7. The average Bonchev–Trinajstić information content (AvgIpc) is 3.53. The molecule has 7 nitrogen and oxygen atoms in total. The van der Waals surface area contributed by atoms with Crippen molar-refractivity contribution < 1.29 is 45.6 Å². The van der Waals surface area contributed by atoms with Gasteiger partial charge in [0.15, 0.2) is 0 Å². The van der Waals surface area contributed by atoms with Crippen molar-refractivity contribution in [2.75, 3.05) is 31.6 Å². The van der Waals surface area contributed by atoms with Crippen LogP contribution in [0.3, 0.4) is 0 Å². The summed E-state index contributed by atoms with van der Waals surface area (Å²) >= 11 is 0. The fourth-order valence-electron chi connectivity index (χ4n) is 8.78. The lowest BCUT2D eigenvalue weighted by Crippen LogP contribution is -2.50. The summed E-state index contributed by atoms with van der Waals surface area (Å²) < 4.78 is 87.6. The number of hydrogen-bond acceptors (Lipinski definition) is 7. The fourth-order valence-corrected chi connectivity index (χ4v) is 9.94. The molecule has 2 saturated carbocycles. The number of ether oxygens (including phenoxy) is 2. The first kappa shape index (κ1) is 34.5. The normalized spacial score (nSPS) is 32.4. The number of alkyl halides is 5. The molecule has 0 amide bonds. The number of halogens is 5. The van der Waals surface area contributed by atoms with E-state index in [9.17, 15) is 36.2 Å². The van der Waals surface area contributed by atoms with Gasteiger partial charge in [0.05, 0.1) is 0 Å². The summed E-state index contributed by atoms with van der Waals surface area (Å²) in [7, 11) is 0.477. The molecule has 3 unspecified atom stereocenters. The quantitative estimate of drug-likeness (QED) is 0.116. The van der Waals surface area contributed by atoms with Crippen LogP contribution < -0.4 is 10.2 Å². The summed E-state index contributed by atoms with van der Waals surface area (Å²) in [4.78, 5) is 14.6. The van der Waals surface area contributed by atoms with Gasteiger partial charge in [0, 0.05) is 47.9 Å². The zero-order valence-electron chi connectivity index (χ0n) is 25.9. The van der Waals surface area contributed by atoms with Gasteiger partial charge in [-0.2, -0.15) is 22.0 Å². The van der Waals surface area contributed by atoms with Crippen LogP contribution >= 0.6 is 0 Å². The van der Waals surface area contributed by atoms with Crippen molar-refractivity contribution >= 4 is 17.0 Å². The van der Waals surface area contributed by atoms with Gasteiger partial charge in [-0.05, 0) is 117 Å². The Kier molecular flexibility index (Phi) is 10.5. The van der Waals surface area contributed by atoms with Gasteiger partial charge in [0.25, 0.3) is 0 Å². The maximum atomic E-state index is 13.3. The third kappa shape index (κ3) is 7.51. The molecule has 5 rings (SSSR count). The van der Waals surface area contributed by atoms with Gasteiger partial charge in [-0.3, -0.25) is 4.21 Å². The molecular formula is C32H45F5N2O5S. The molecule has 1 heterocycles. The zero-order valence-corrected chi connectivity index (χ0v) is 26.7. The maximum absolute atomic E-state index is 13.3. The Hall–Kier alpha value is -1.83. The van der Waals surface area contributed by atoms with Gasteiger partial charge in [-0.25, -0.2) is 10.3 Å². The number of benzene rings is 1. The second-order valence-electron chi connectivity index (χ2n) is 13.9. The fraction of sp³-hybridized carbons (Fsp3) is 0.781. The topological polar surface area (TPSA) is 88.1 Å². The van der Waals surface area contributed by atoms with Crippen LogP contribution in [0.15, 0.2) is 18.2 Å². The molecule has 1 aromatic carbocycles. The van der Waals surface area contributed by atoms with Crippen molar-refractivity contribution in [2.45, 2.75) is 101 Å². The zero-order chi connectivity index (χ0) is 32.6. The third-order valence-corrected chi connectivity index (χ3v) is 12.6. The minimum absolute atomic E-state index is 0.00858. The standard InChI is InChI=1S/C32H45F5N2O5S/c1-30-13-10-25-24-7-6-22(43-29(40)44-23-11-14-39(2)19-23)18-21(24)17-20(28(25)26(30)8-9-27(30)38-41)5-3-15-45(42)16-4-12-31(33,34)32(35,36)37/h6-7,18,20,23,25-28,38,41H,3-5,8-17,19H2,1-2H3/t20-,23?,25-,26+,27?,28-,30+,45?/m1/s1. The maximum Gasteiger partial charge on any atom is 0.514 e. The van der Waals surface area contributed by atoms with Gasteiger partial charge in [0.2, 0.25) is 0 Å². The van der Waals surface area contributed by atoms with E-state index in [4.69, 9.17) is 9.47 Å². The van der Waals surface area contributed by atoms with E-state index < -0.39 is 41.9 Å². The van der Waals surface area contributed by atoms with Crippen LogP contribution in [0.5, 0.6) is 5.75 Å². The van der Waals surface area contributed by atoms with Crippen molar-refractivity contribution in [3.63, 3.8) is 0 Å². The Morgan fingerprint density at radius 3 is 2.58 bits per heavy atom. The molecular weight excluding hydrogens is 619 g/mol. The number of carbonyl (C=O) groups excluding carboxylic acids is 1. The third-order valence-electron chi connectivity index (χ3n) is 11.1. The second-order valence-corrected chi connectivity index (χ2v) is 15.6. The number of nitrogens with one attached hydrogen (secondary N) is 1. The molecule has 0 aromatic heterocycles. The van der Waals surface area contributed by atoms with Gasteiger partial charge >= 0.3 is 18.3 Å². The van der Waals surface area contributed by atoms with Gasteiger partial charge in [0.1, 0.15) is 11.9 Å². The molecule has 2 N–H and O–H groups in total. The molecule has 13 heteroatoms. The van der Waals surface area contributed by atoms with E-state index in [1.807, 2.05) is 19.2 Å². The Morgan fingerprint density at radius 2 is 1.89 bits per heavy atom. The van der Waals surface area contributed by atoms with E-state index in [2.05, 4.69) is 23.4 Å². The number of likely N-dealkylation sites (N-methyl/N-ethyl adjacent to an activating group) is 1. The first-order chi connectivity index (χ1) is 21.2. The molecule has 1 saturated heterocycles. The number of hydroxylamine groups is 1. The Morgan fingerprint density at radius 1 is 1.13 bits per heavy atom. The van der Waals surface area contributed by atoms with Crippen molar-refractivity contribution in [1.82, 2.24) is 10.4 Å².